The Morgan fingerprint density at radius 1 is 1.12 bits per heavy atom. The molecule has 0 amide bonds. The maximum absolute atomic E-state index is 5.58. The van der Waals surface area contributed by atoms with Crippen LogP contribution in [0.25, 0.3) is 0 Å². The Labute approximate surface area is 95.9 Å². The molecule has 16 heavy (non-hydrogen) atoms. The van der Waals surface area contributed by atoms with Crippen molar-refractivity contribution in [2.45, 2.75) is 12.8 Å². The monoisotopic (exact) mass is 212 g/mol. The van der Waals surface area contributed by atoms with E-state index in [0.29, 0.717) is 0 Å². The minimum atomic E-state index is 0.723. The molecule has 0 aliphatic rings. The Balaban J connectivity index is 1.70. The van der Waals surface area contributed by atoms with E-state index in [1.54, 1.807) is 0 Å². The molecule has 1 radical (unpaired) electrons. The topological polar surface area (TPSA) is 22.1 Å². The number of benzene rings is 1. The first-order chi connectivity index (χ1) is 7.95. The highest BCUT2D eigenvalue weighted by Crippen LogP contribution is 2.08. The summed E-state index contributed by atoms with van der Waals surface area (Å²) in [7, 11) is 0. The molecule has 0 aliphatic carbocycles. The molecule has 0 aliphatic heterocycles. The van der Waals surface area contributed by atoms with Gasteiger partial charge in [-0.15, -0.1) is 0 Å². The van der Waals surface area contributed by atoms with Crippen LogP contribution in [0.5, 0.6) is 5.75 Å². The zero-order chi connectivity index (χ0) is 11.1. The van der Waals surface area contributed by atoms with Crippen molar-refractivity contribution in [3.8, 4) is 5.75 Å². The predicted octanol–water partition coefficient (Wildman–Crippen LogP) is 2.89. The number of nitrogens with zero attached hydrogens (tertiary/aromatic N) is 1. The molecule has 0 saturated heterocycles. The van der Waals surface area contributed by atoms with E-state index in [-0.39, 0.29) is 0 Å². The van der Waals surface area contributed by atoms with Crippen LogP contribution in [0.15, 0.2) is 48.7 Å². The summed E-state index contributed by atoms with van der Waals surface area (Å²) in [6.45, 7) is 0.723. The van der Waals surface area contributed by atoms with Gasteiger partial charge in [0, 0.05) is 11.9 Å². The molecule has 2 heteroatoms. The summed E-state index contributed by atoms with van der Waals surface area (Å²) in [6, 6.07) is 16.5. The summed E-state index contributed by atoms with van der Waals surface area (Å²) < 4.78 is 5.58. The van der Waals surface area contributed by atoms with Crippen molar-refractivity contribution in [3.63, 3.8) is 0 Å². The fraction of sp³-hybridized carbons (Fsp3) is 0.214. The smallest absolute Gasteiger partial charge is 0.119 e. The van der Waals surface area contributed by atoms with Crippen LogP contribution in [-0.4, -0.2) is 11.6 Å². The Morgan fingerprint density at radius 2 is 2.00 bits per heavy atom. The minimum Gasteiger partial charge on any atom is -0.494 e. The van der Waals surface area contributed by atoms with Gasteiger partial charge in [-0.3, -0.25) is 4.98 Å². The lowest BCUT2D eigenvalue weighted by atomic mass is 10.2. The van der Waals surface area contributed by atoms with Crippen LogP contribution >= 0.6 is 0 Å². The normalized spacial score (nSPS) is 10.0. The van der Waals surface area contributed by atoms with Gasteiger partial charge in [-0.25, -0.2) is 0 Å². The van der Waals surface area contributed by atoms with Crippen LogP contribution in [0.1, 0.15) is 12.1 Å². The number of hydrogen-bond acceptors (Lipinski definition) is 2. The number of ether oxygens (including phenoxy) is 1. The molecule has 0 atom stereocenters. The average Bonchev–Trinajstić information content (AvgIpc) is 2.37. The number of rotatable bonds is 5. The lowest BCUT2D eigenvalue weighted by molar-refractivity contribution is 0.310. The first kappa shape index (κ1) is 10.7. The standard InChI is InChI=1S/C14H14NO/c1-2-9-14(10-3-1)16-12-6-8-13-7-4-5-11-15-13/h2-5,7,9-11H,6,8,12H2. The minimum absolute atomic E-state index is 0.723. The third-order valence-corrected chi connectivity index (χ3v) is 2.26. The molecule has 1 heterocycles. The Bertz CT molecular complexity index is 358. The first-order valence-corrected chi connectivity index (χ1v) is 5.44. The number of aromatic nitrogens is 1. The van der Waals surface area contributed by atoms with Crippen molar-refractivity contribution in [2.75, 3.05) is 6.61 Å². The number of aryl methyl sites for hydroxylation is 1. The van der Waals surface area contributed by atoms with E-state index in [1.165, 1.54) is 0 Å². The van der Waals surface area contributed by atoms with Gasteiger partial charge in [0.15, 0.2) is 0 Å². The highest BCUT2D eigenvalue weighted by atomic mass is 16.5. The van der Waals surface area contributed by atoms with Crippen LogP contribution in [-0.2, 0) is 6.42 Å². The third-order valence-electron chi connectivity index (χ3n) is 2.26. The molecule has 0 saturated carbocycles. The molecule has 1 aromatic carbocycles. The van der Waals surface area contributed by atoms with Gasteiger partial charge >= 0.3 is 0 Å². The van der Waals surface area contributed by atoms with Gasteiger partial charge < -0.3 is 4.74 Å². The molecule has 2 rings (SSSR count). The van der Waals surface area contributed by atoms with Crippen LogP contribution in [0.2, 0.25) is 0 Å². The van der Waals surface area contributed by atoms with E-state index in [9.17, 15) is 0 Å². The number of pyridine rings is 1. The van der Waals surface area contributed by atoms with Crippen molar-refractivity contribution in [1.82, 2.24) is 4.98 Å². The Hall–Kier alpha value is -1.83. The predicted molar refractivity (Wildman–Crippen MR) is 63.3 cm³/mol. The van der Waals surface area contributed by atoms with Gasteiger partial charge in [-0.1, -0.05) is 18.2 Å². The summed E-state index contributed by atoms with van der Waals surface area (Å²) in [4.78, 5) is 4.26. The van der Waals surface area contributed by atoms with Crippen molar-refractivity contribution in [2.24, 2.45) is 0 Å². The SMILES string of the molecule is [c]1ccc(OCCCc2ccccn2)cc1. The van der Waals surface area contributed by atoms with Crippen LogP contribution < -0.4 is 4.74 Å². The lowest BCUT2D eigenvalue weighted by Gasteiger charge is -2.05. The summed E-state index contributed by atoms with van der Waals surface area (Å²) in [5.74, 6) is 0.903. The second-order valence-corrected chi connectivity index (χ2v) is 3.51. The van der Waals surface area contributed by atoms with Gasteiger partial charge in [0.1, 0.15) is 5.75 Å². The molecule has 2 nitrogen and oxygen atoms in total. The summed E-state index contributed by atoms with van der Waals surface area (Å²) >= 11 is 0. The Kier molecular flexibility index (Phi) is 3.94. The zero-order valence-electron chi connectivity index (χ0n) is 9.10. The largest absolute Gasteiger partial charge is 0.494 e. The lowest BCUT2D eigenvalue weighted by Crippen LogP contribution is -2.00. The third kappa shape index (κ3) is 3.39. The van der Waals surface area contributed by atoms with Gasteiger partial charge in [0.2, 0.25) is 0 Å². The highest BCUT2D eigenvalue weighted by Gasteiger charge is 1.94. The average molecular weight is 212 g/mol. The van der Waals surface area contributed by atoms with Gasteiger partial charge in [0.25, 0.3) is 0 Å². The van der Waals surface area contributed by atoms with Crippen LogP contribution in [0.4, 0.5) is 0 Å². The maximum atomic E-state index is 5.58. The van der Waals surface area contributed by atoms with E-state index in [1.807, 2.05) is 48.7 Å². The van der Waals surface area contributed by atoms with Crippen molar-refractivity contribution >= 4 is 0 Å². The Morgan fingerprint density at radius 3 is 2.75 bits per heavy atom. The van der Waals surface area contributed by atoms with E-state index >= 15 is 0 Å². The van der Waals surface area contributed by atoms with Gasteiger partial charge in [-0.05, 0) is 43.2 Å². The van der Waals surface area contributed by atoms with E-state index in [2.05, 4.69) is 11.1 Å². The fourth-order valence-corrected chi connectivity index (χ4v) is 1.46. The maximum Gasteiger partial charge on any atom is 0.119 e. The molecule has 0 fully saturated rings. The van der Waals surface area contributed by atoms with E-state index < -0.39 is 0 Å². The quantitative estimate of drug-likeness (QED) is 0.711. The highest BCUT2D eigenvalue weighted by molar-refractivity contribution is 5.20. The fourth-order valence-electron chi connectivity index (χ4n) is 1.46. The van der Waals surface area contributed by atoms with Crippen LogP contribution in [0, 0.1) is 6.07 Å². The van der Waals surface area contributed by atoms with E-state index in [4.69, 9.17) is 4.74 Å². The van der Waals surface area contributed by atoms with Crippen molar-refractivity contribution < 1.29 is 4.74 Å². The van der Waals surface area contributed by atoms with Crippen molar-refractivity contribution in [1.29, 1.82) is 0 Å². The molecular weight excluding hydrogens is 198 g/mol. The molecule has 81 valence electrons. The second-order valence-electron chi connectivity index (χ2n) is 3.51. The molecule has 0 N–H and O–H groups in total. The van der Waals surface area contributed by atoms with Crippen LogP contribution in [0.3, 0.4) is 0 Å². The van der Waals surface area contributed by atoms with Gasteiger partial charge in [0.05, 0.1) is 6.61 Å². The first-order valence-electron chi connectivity index (χ1n) is 5.44. The summed E-state index contributed by atoms with van der Waals surface area (Å²) in [5, 5.41) is 0. The number of hydrogen-bond donors (Lipinski definition) is 0. The molecule has 0 bridgehead atoms. The molecule has 1 aromatic heterocycles. The second kappa shape index (κ2) is 5.91. The molecule has 0 unspecified atom stereocenters. The van der Waals surface area contributed by atoms with Crippen molar-refractivity contribution in [3.05, 3.63) is 60.4 Å². The van der Waals surface area contributed by atoms with E-state index in [0.717, 1.165) is 30.9 Å². The molecule has 0 spiro atoms. The summed E-state index contributed by atoms with van der Waals surface area (Å²) in [5.41, 5.74) is 1.12. The molecule has 2 aromatic rings. The van der Waals surface area contributed by atoms with Gasteiger partial charge in [-0.2, -0.15) is 0 Å². The summed E-state index contributed by atoms with van der Waals surface area (Å²) in [6.07, 6.45) is 3.76. The molecular formula is C14H14NO. The zero-order valence-corrected chi connectivity index (χ0v) is 9.10.